The van der Waals surface area contributed by atoms with E-state index >= 15 is 0 Å². The van der Waals surface area contributed by atoms with Crippen LogP contribution in [0.3, 0.4) is 0 Å². The van der Waals surface area contributed by atoms with Crippen molar-refractivity contribution in [1.82, 2.24) is 10.1 Å². The highest BCUT2D eigenvalue weighted by Crippen LogP contribution is 2.20. The van der Waals surface area contributed by atoms with Gasteiger partial charge in [0.15, 0.2) is 5.82 Å². The van der Waals surface area contributed by atoms with Crippen LogP contribution in [0.15, 0.2) is 28.8 Å². The molecule has 0 aliphatic carbocycles. The molecule has 2 rings (SSSR count). The third kappa shape index (κ3) is 5.26. The van der Waals surface area contributed by atoms with E-state index in [-0.39, 0.29) is 6.61 Å². The van der Waals surface area contributed by atoms with E-state index < -0.39 is 0 Å². The fourth-order valence-corrected chi connectivity index (χ4v) is 2.48. The zero-order valence-electron chi connectivity index (χ0n) is 13.4. The molecule has 0 bridgehead atoms. The average Bonchev–Trinajstić information content (AvgIpc) is 3.01. The molecule has 120 valence electrons. The van der Waals surface area contributed by atoms with Gasteiger partial charge in [0, 0.05) is 18.6 Å². The van der Waals surface area contributed by atoms with Crippen molar-refractivity contribution in [2.75, 3.05) is 6.61 Å². The third-order valence-corrected chi connectivity index (χ3v) is 3.77. The van der Waals surface area contributed by atoms with Gasteiger partial charge in [0.1, 0.15) is 0 Å². The highest BCUT2D eigenvalue weighted by molar-refractivity contribution is 5.54. The Balaban J connectivity index is 1.93. The highest BCUT2D eigenvalue weighted by Gasteiger charge is 2.09. The van der Waals surface area contributed by atoms with E-state index in [9.17, 15) is 0 Å². The van der Waals surface area contributed by atoms with Crippen LogP contribution in [0, 0.1) is 0 Å². The molecule has 4 heteroatoms. The number of rotatable bonds is 10. The monoisotopic (exact) mass is 302 g/mol. The van der Waals surface area contributed by atoms with Crippen molar-refractivity contribution < 1.29 is 9.63 Å². The molecule has 0 saturated heterocycles. The van der Waals surface area contributed by atoms with Gasteiger partial charge in [0.05, 0.1) is 0 Å². The zero-order valence-corrected chi connectivity index (χ0v) is 13.4. The molecule has 1 N–H and O–H groups in total. The Bertz CT molecular complexity index is 552. The average molecular weight is 302 g/mol. The fraction of sp³-hybridized carbons (Fsp3) is 0.556. The second-order valence-corrected chi connectivity index (χ2v) is 5.71. The molecule has 22 heavy (non-hydrogen) atoms. The molecule has 1 aromatic heterocycles. The van der Waals surface area contributed by atoms with Crippen LogP contribution in [-0.2, 0) is 12.8 Å². The Morgan fingerprint density at radius 2 is 1.91 bits per heavy atom. The van der Waals surface area contributed by atoms with E-state index in [2.05, 4.69) is 35.3 Å². The fourth-order valence-electron chi connectivity index (χ4n) is 2.48. The lowest BCUT2D eigenvalue weighted by Gasteiger charge is -2.02. The lowest BCUT2D eigenvalue weighted by Crippen LogP contribution is -1.90. The van der Waals surface area contributed by atoms with Gasteiger partial charge in [-0.1, -0.05) is 43.5 Å². The van der Waals surface area contributed by atoms with Crippen LogP contribution in [0.1, 0.15) is 56.8 Å². The number of aromatic nitrogens is 2. The number of benzene rings is 1. The maximum absolute atomic E-state index is 8.77. The topological polar surface area (TPSA) is 59.2 Å². The van der Waals surface area contributed by atoms with Crippen LogP contribution in [0.4, 0.5) is 0 Å². The van der Waals surface area contributed by atoms with E-state index in [1.165, 1.54) is 24.8 Å². The van der Waals surface area contributed by atoms with Gasteiger partial charge in [-0.05, 0) is 43.4 Å². The van der Waals surface area contributed by atoms with Crippen LogP contribution in [0.2, 0.25) is 0 Å². The van der Waals surface area contributed by atoms with Crippen molar-refractivity contribution in [1.29, 1.82) is 0 Å². The first-order valence-corrected chi connectivity index (χ1v) is 8.36. The summed E-state index contributed by atoms with van der Waals surface area (Å²) in [5, 5.41) is 12.8. The molecule has 0 aliphatic rings. The van der Waals surface area contributed by atoms with Crippen molar-refractivity contribution in [3.63, 3.8) is 0 Å². The summed E-state index contributed by atoms with van der Waals surface area (Å²) in [5.74, 6) is 1.36. The van der Waals surface area contributed by atoms with Gasteiger partial charge in [-0.3, -0.25) is 0 Å². The van der Waals surface area contributed by atoms with E-state index in [4.69, 9.17) is 9.63 Å². The minimum absolute atomic E-state index is 0.252. The summed E-state index contributed by atoms with van der Waals surface area (Å²) in [7, 11) is 0. The second-order valence-electron chi connectivity index (χ2n) is 5.71. The van der Waals surface area contributed by atoms with Gasteiger partial charge in [-0.15, -0.1) is 0 Å². The van der Waals surface area contributed by atoms with E-state index in [1.807, 2.05) is 6.07 Å². The first kappa shape index (κ1) is 16.7. The SMILES string of the molecule is CCCCCc1cccc(-c2nc(CCCCCO)no2)c1. The summed E-state index contributed by atoms with van der Waals surface area (Å²) in [5.41, 5.74) is 2.33. The molecular weight excluding hydrogens is 276 g/mol. The van der Waals surface area contributed by atoms with Gasteiger partial charge in [-0.2, -0.15) is 4.98 Å². The first-order chi connectivity index (χ1) is 10.8. The summed E-state index contributed by atoms with van der Waals surface area (Å²) in [6.07, 6.45) is 8.45. The van der Waals surface area contributed by atoms with E-state index in [0.717, 1.165) is 43.5 Å². The Kier molecular flexibility index (Phi) is 7.10. The molecule has 0 spiro atoms. The molecule has 0 amide bonds. The molecule has 0 saturated carbocycles. The molecule has 0 fully saturated rings. The number of hydrogen-bond acceptors (Lipinski definition) is 4. The van der Waals surface area contributed by atoms with Crippen molar-refractivity contribution in [2.24, 2.45) is 0 Å². The molecule has 0 atom stereocenters. The van der Waals surface area contributed by atoms with Gasteiger partial charge in [0.2, 0.25) is 0 Å². The van der Waals surface area contributed by atoms with Crippen LogP contribution >= 0.6 is 0 Å². The molecule has 4 nitrogen and oxygen atoms in total. The number of hydrogen-bond donors (Lipinski definition) is 1. The smallest absolute Gasteiger partial charge is 0.257 e. The maximum Gasteiger partial charge on any atom is 0.257 e. The number of nitrogens with zero attached hydrogens (tertiary/aromatic N) is 2. The van der Waals surface area contributed by atoms with Crippen LogP contribution in [-0.4, -0.2) is 21.9 Å². The Hall–Kier alpha value is -1.68. The Morgan fingerprint density at radius 1 is 1.05 bits per heavy atom. The quantitative estimate of drug-likeness (QED) is 0.669. The number of aryl methyl sites for hydroxylation is 2. The summed E-state index contributed by atoms with van der Waals surface area (Å²) < 4.78 is 5.38. The molecule has 2 aromatic rings. The Morgan fingerprint density at radius 3 is 2.73 bits per heavy atom. The summed E-state index contributed by atoms with van der Waals surface area (Å²) >= 11 is 0. The van der Waals surface area contributed by atoms with Gasteiger partial charge in [0.25, 0.3) is 5.89 Å². The van der Waals surface area contributed by atoms with Crippen LogP contribution in [0.5, 0.6) is 0 Å². The number of unbranched alkanes of at least 4 members (excludes halogenated alkanes) is 4. The normalized spacial score (nSPS) is 11.0. The van der Waals surface area contributed by atoms with Gasteiger partial charge in [-0.25, -0.2) is 0 Å². The largest absolute Gasteiger partial charge is 0.396 e. The second kappa shape index (κ2) is 9.36. The summed E-state index contributed by atoms with van der Waals surface area (Å²) in [4.78, 5) is 4.48. The molecule has 0 unspecified atom stereocenters. The molecule has 0 aliphatic heterocycles. The van der Waals surface area contributed by atoms with Crippen molar-refractivity contribution in [3.05, 3.63) is 35.7 Å². The zero-order chi connectivity index (χ0) is 15.6. The van der Waals surface area contributed by atoms with Crippen LogP contribution < -0.4 is 0 Å². The highest BCUT2D eigenvalue weighted by atomic mass is 16.5. The minimum atomic E-state index is 0.252. The van der Waals surface area contributed by atoms with E-state index in [0.29, 0.717) is 5.89 Å². The van der Waals surface area contributed by atoms with E-state index in [1.54, 1.807) is 0 Å². The number of aliphatic hydroxyl groups excluding tert-OH is 1. The predicted molar refractivity (Wildman–Crippen MR) is 87.6 cm³/mol. The minimum Gasteiger partial charge on any atom is -0.396 e. The molecule has 1 aromatic carbocycles. The maximum atomic E-state index is 8.77. The van der Waals surface area contributed by atoms with Gasteiger partial charge >= 0.3 is 0 Å². The van der Waals surface area contributed by atoms with Gasteiger partial charge < -0.3 is 9.63 Å². The van der Waals surface area contributed by atoms with Crippen molar-refractivity contribution in [3.8, 4) is 11.5 Å². The summed E-state index contributed by atoms with van der Waals surface area (Å²) in [6, 6.07) is 8.39. The molecule has 0 radical (unpaired) electrons. The lowest BCUT2D eigenvalue weighted by molar-refractivity contribution is 0.283. The molecule has 1 heterocycles. The van der Waals surface area contributed by atoms with Crippen molar-refractivity contribution >= 4 is 0 Å². The van der Waals surface area contributed by atoms with Crippen molar-refractivity contribution in [2.45, 2.75) is 58.3 Å². The summed E-state index contributed by atoms with van der Waals surface area (Å²) in [6.45, 7) is 2.47. The Labute approximate surface area is 132 Å². The third-order valence-electron chi connectivity index (χ3n) is 3.77. The lowest BCUT2D eigenvalue weighted by atomic mass is 10.0. The predicted octanol–water partition coefficient (Wildman–Crippen LogP) is 4.17. The first-order valence-electron chi connectivity index (χ1n) is 8.36. The van der Waals surface area contributed by atoms with Crippen LogP contribution in [0.25, 0.3) is 11.5 Å². The number of aliphatic hydroxyl groups is 1. The standard InChI is InChI=1S/C18H26N2O2/c1-2-3-5-9-15-10-8-11-16(14-15)18-19-17(20-22-18)12-6-4-7-13-21/h8,10-11,14,21H,2-7,9,12-13H2,1H3. The molecular formula is C18H26N2O2.